The SMILES string of the molecule is CCCCCCC(C)Nc1ncnc(NC)c1OC. The first-order valence-corrected chi connectivity index (χ1v) is 7.06. The van der Waals surface area contributed by atoms with Gasteiger partial charge in [0.25, 0.3) is 0 Å². The van der Waals surface area contributed by atoms with Crippen molar-refractivity contribution in [1.29, 1.82) is 0 Å². The first-order chi connectivity index (χ1) is 9.22. The summed E-state index contributed by atoms with van der Waals surface area (Å²) in [6, 6.07) is 0.380. The molecule has 0 spiro atoms. The van der Waals surface area contributed by atoms with Crippen molar-refractivity contribution in [3.05, 3.63) is 6.33 Å². The third-order valence-corrected chi connectivity index (χ3v) is 3.12. The summed E-state index contributed by atoms with van der Waals surface area (Å²) < 4.78 is 5.36. The number of hydrogen-bond donors (Lipinski definition) is 2. The number of rotatable bonds is 9. The van der Waals surface area contributed by atoms with E-state index in [0.29, 0.717) is 17.6 Å². The summed E-state index contributed by atoms with van der Waals surface area (Å²) in [5.74, 6) is 2.13. The van der Waals surface area contributed by atoms with Gasteiger partial charge in [0.05, 0.1) is 7.11 Å². The predicted molar refractivity (Wildman–Crippen MR) is 80.0 cm³/mol. The van der Waals surface area contributed by atoms with Gasteiger partial charge < -0.3 is 15.4 Å². The number of unbranched alkanes of at least 4 members (excludes halogenated alkanes) is 3. The van der Waals surface area contributed by atoms with Crippen LogP contribution in [-0.2, 0) is 0 Å². The van der Waals surface area contributed by atoms with Crippen LogP contribution in [0.15, 0.2) is 6.33 Å². The van der Waals surface area contributed by atoms with Gasteiger partial charge in [-0.25, -0.2) is 9.97 Å². The largest absolute Gasteiger partial charge is 0.490 e. The van der Waals surface area contributed by atoms with Gasteiger partial charge in [0.2, 0.25) is 5.75 Å². The molecule has 1 heterocycles. The molecular formula is C14H26N4O. The summed E-state index contributed by atoms with van der Waals surface area (Å²) in [6.45, 7) is 4.40. The van der Waals surface area contributed by atoms with Crippen LogP contribution in [0.5, 0.6) is 5.75 Å². The van der Waals surface area contributed by atoms with Gasteiger partial charge in [-0.2, -0.15) is 0 Å². The lowest BCUT2D eigenvalue weighted by Gasteiger charge is -2.17. The van der Waals surface area contributed by atoms with Gasteiger partial charge in [-0.15, -0.1) is 0 Å². The van der Waals surface area contributed by atoms with E-state index in [1.165, 1.54) is 25.7 Å². The molecule has 0 aliphatic heterocycles. The number of methoxy groups -OCH3 is 1. The molecule has 5 nitrogen and oxygen atoms in total. The number of anilines is 2. The summed E-state index contributed by atoms with van der Waals surface area (Å²) in [4.78, 5) is 8.39. The maximum Gasteiger partial charge on any atom is 0.204 e. The highest BCUT2D eigenvalue weighted by atomic mass is 16.5. The van der Waals surface area contributed by atoms with Crippen LogP contribution in [0.25, 0.3) is 0 Å². The molecular weight excluding hydrogens is 240 g/mol. The van der Waals surface area contributed by atoms with Crippen molar-refractivity contribution in [1.82, 2.24) is 9.97 Å². The molecule has 0 aliphatic rings. The van der Waals surface area contributed by atoms with Gasteiger partial charge in [0, 0.05) is 13.1 Å². The van der Waals surface area contributed by atoms with E-state index in [2.05, 4.69) is 34.4 Å². The Morgan fingerprint density at radius 2 is 1.95 bits per heavy atom. The first-order valence-electron chi connectivity index (χ1n) is 7.06. The minimum Gasteiger partial charge on any atom is -0.490 e. The predicted octanol–water partition coefficient (Wildman–Crippen LogP) is 3.30. The maximum absolute atomic E-state index is 5.36. The summed E-state index contributed by atoms with van der Waals surface area (Å²) in [6.07, 6.45) is 7.81. The second-order valence-corrected chi connectivity index (χ2v) is 4.75. The van der Waals surface area contributed by atoms with Crippen molar-refractivity contribution < 1.29 is 4.74 Å². The van der Waals surface area contributed by atoms with E-state index in [1.54, 1.807) is 13.4 Å². The zero-order valence-corrected chi connectivity index (χ0v) is 12.5. The number of hydrogen-bond acceptors (Lipinski definition) is 5. The van der Waals surface area contributed by atoms with Crippen LogP contribution in [0.2, 0.25) is 0 Å². The van der Waals surface area contributed by atoms with Crippen LogP contribution in [-0.4, -0.2) is 30.2 Å². The summed E-state index contributed by atoms with van der Waals surface area (Å²) in [7, 11) is 3.46. The molecule has 0 fully saturated rings. The molecule has 1 aromatic rings. The molecule has 0 aliphatic carbocycles. The minimum atomic E-state index is 0.380. The van der Waals surface area contributed by atoms with Crippen molar-refractivity contribution in [3.8, 4) is 5.75 Å². The fourth-order valence-corrected chi connectivity index (χ4v) is 2.03. The Morgan fingerprint density at radius 3 is 2.58 bits per heavy atom. The molecule has 1 unspecified atom stereocenters. The molecule has 19 heavy (non-hydrogen) atoms. The molecule has 5 heteroatoms. The molecule has 0 bridgehead atoms. The van der Waals surface area contributed by atoms with E-state index in [1.807, 2.05) is 7.05 Å². The highest BCUT2D eigenvalue weighted by Gasteiger charge is 2.12. The lowest BCUT2D eigenvalue weighted by atomic mass is 10.1. The fraction of sp³-hybridized carbons (Fsp3) is 0.714. The van der Waals surface area contributed by atoms with Crippen LogP contribution < -0.4 is 15.4 Å². The summed E-state index contributed by atoms with van der Waals surface area (Å²) >= 11 is 0. The number of aromatic nitrogens is 2. The smallest absolute Gasteiger partial charge is 0.204 e. The second kappa shape index (κ2) is 8.56. The number of ether oxygens (including phenoxy) is 1. The third kappa shape index (κ3) is 4.93. The maximum atomic E-state index is 5.36. The van der Waals surface area contributed by atoms with Crippen LogP contribution in [0.4, 0.5) is 11.6 Å². The molecule has 1 aromatic heterocycles. The van der Waals surface area contributed by atoms with E-state index in [9.17, 15) is 0 Å². The van der Waals surface area contributed by atoms with Crippen molar-refractivity contribution in [2.45, 2.75) is 52.0 Å². The van der Waals surface area contributed by atoms with E-state index >= 15 is 0 Å². The summed E-state index contributed by atoms with van der Waals surface area (Å²) in [5, 5.41) is 6.40. The zero-order chi connectivity index (χ0) is 14.1. The number of nitrogens with one attached hydrogen (secondary N) is 2. The zero-order valence-electron chi connectivity index (χ0n) is 12.5. The first kappa shape index (κ1) is 15.5. The number of nitrogens with zero attached hydrogens (tertiary/aromatic N) is 2. The molecule has 1 atom stereocenters. The molecule has 1 rings (SSSR count). The fourth-order valence-electron chi connectivity index (χ4n) is 2.03. The van der Waals surface area contributed by atoms with Gasteiger partial charge in [0.15, 0.2) is 11.6 Å². The van der Waals surface area contributed by atoms with Crippen molar-refractivity contribution in [2.24, 2.45) is 0 Å². The lowest BCUT2D eigenvalue weighted by molar-refractivity contribution is 0.414. The minimum absolute atomic E-state index is 0.380. The Labute approximate surface area is 116 Å². The van der Waals surface area contributed by atoms with E-state index in [4.69, 9.17) is 4.74 Å². The monoisotopic (exact) mass is 266 g/mol. The van der Waals surface area contributed by atoms with Crippen LogP contribution in [0, 0.1) is 0 Å². The Kier molecular flexibility index (Phi) is 7.00. The van der Waals surface area contributed by atoms with Gasteiger partial charge in [-0.3, -0.25) is 0 Å². The molecule has 2 N–H and O–H groups in total. The standard InChI is InChI=1S/C14H26N4O/c1-5-6-7-8-9-11(2)18-14-12(19-4)13(15-3)16-10-17-14/h10-11H,5-9H2,1-4H3,(H2,15,16,17,18). The van der Waals surface area contributed by atoms with E-state index in [-0.39, 0.29) is 0 Å². The second-order valence-electron chi connectivity index (χ2n) is 4.75. The molecule has 0 aromatic carbocycles. The highest BCUT2D eigenvalue weighted by Crippen LogP contribution is 2.29. The molecule has 0 radical (unpaired) electrons. The van der Waals surface area contributed by atoms with Crippen LogP contribution >= 0.6 is 0 Å². The average molecular weight is 266 g/mol. The third-order valence-electron chi connectivity index (χ3n) is 3.12. The normalized spacial score (nSPS) is 12.0. The van der Waals surface area contributed by atoms with Crippen LogP contribution in [0.1, 0.15) is 46.0 Å². The lowest BCUT2D eigenvalue weighted by Crippen LogP contribution is -2.17. The molecule has 0 saturated carbocycles. The topological polar surface area (TPSA) is 59.1 Å². The van der Waals surface area contributed by atoms with Gasteiger partial charge in [0.1, 0.15) is 6.33 Å². The van der Waals surface area contributed by atoms with Gasteiger partial charge in [-0.05, 0) is 13.3 Å². The van der Waals surface area contributed by atoms with Gasteiger partial charge in [-0.1, -0.05) is 32.6 Å². The highest BCUT2D eigenvalue weighted by molar-refractivity contribution is 5.63. The van der Waals surface area contributed by atoms with E-state index in [0.717, 1.165) is 12.2 Å². The van der Waals surface area contributed by atoms with Crippen molar-refractivity contribution >= 4 is 11.6 Å². The van der Waals surface area contributed by atoms with Crippen molar-refractivity contribution in [2.75, 3.05) is 24.8 Å². The Hall–Kier alpha value is -1.52. The molecule has 0 saturated heterocycles. The summed E-state index contributed by atoms with van der Waals surface area (Å²) in [5.41, 5.74) is 0. The van der Waals surface area contributed by atoms with Crippen LogP contribution in [0.3, 0.4) is 0 Å². The molecule has 108 valence electrons. The Morgan fingerprint density at radius 1 is 1.21 bits per heavy atom. The quantitative estimate of drug-likeness (QED) is 0.672. The Bertz CT molecular complexity index is 370. The Balaban J connectivity index is 2.56. The van der Waals surface area contributed by atoms with E-state index < -0.39 is 0 Å². The average Bonchev–Trinajstić information content (AvgIpc) is 2.43. The van der Waals surface area contributed by atoms with Gasteiger partial charge >= 0.3 is 0 Å². The van der Waals surface area contributed by atoms with Crippen molar-refractivity contribution in [3.63, 3.8) is 0 Å². The molecule has 0 amide bonds.